The van der Waals surface area contributed by atoms with E-state index in [1.54, 1.807) is 6.08 Å². The summed E-state index contributed by atoms with van der Waals surface area (Å²) in [7, 11) is -0.667. The summed E-state index contributed by atoms with van der Waals surface area (Å²) >= 11 is 0. The van der Waals surface area contributed by atoms with E-state index in [1.807, 2.05) is 0 Å². The quantitative estimate of drug-likeness (QED) is 0.351. The van der Waals surface area contributed by atoms with Gasteiger partial charge in [0.25, 0.3) is 0 Å². The molecule has 0 amide bonds. The molecule has 11 heavy (non-hydrogen) atoms. The van der Waals surface area contributed by atoms with Gasteiger partial charge >= 0.3 is 0 Å². The molecule has 0 spiro atoms. The van der Waals surface area contributed by atoms with Gasteiger partial charge in [0.05, 0.1) is 8.80 Å². The van der Waals surface area contributed by atoms with Crippen molar-refractivity contribution in [3.63, 3.8) is 0 Å². The van der Waals surface area contributed by atoms with E-state index >= 15 is 0 Å². The van der Waals surface area contributed by atoms with E-state index < -0.39 is 8.80 Å². The molecule has 2 nitrogen and oxygen atoms in total. The molecule has 1 saturated heterocycles. The van der Waals surface area contributed by atoms with Gasteiger partial charge in [-0.15, -0.1) is 0 Å². The molecule has 0 aromatic rings. The third-order valence-corrected chi connectivity index (χ3v) is 6.40. The van der Waals surface area contributed by atoms with Crippen LogP contribution in [0, 0.1) is 0 Å². The highest BCUT2D eigenvalue weighted by Crippen LogP contribution is 2.21. The SMILES string of the molecule is CC(N=C=O)[SiH]1CCCCC1. The highest BCUT2D eigenvalue weighted by molar-refractivity contribution is 6.60. The largest absolute Gasteiger partial charge is 0.234 e. The van der Waals surface area contributed by atoms with Crippen LogP contribution in [0.2, 0.25) is 12.1 Å². The molecule has 0 aromatic heterocycles. The Bertz CT molecular complexity index is 159. The smallest absolute Gasteiger partial charge is 0.211 e. The minimum atomic E-state index is -0.667. The van der Waals surface area contributed by atoms with E-state index in [1.165, 1.54) is 31.4 Å². The van der Waals surface area contributed by atoms with E-state index in [0.717, 1.165) is 0 Å². The fourth-order valence-electron chi connectivity index (χ4n) is 1.81. The van der Waals surface area contributed by atoms with Crippen molar-refractivity contribution in [2.24, 2.45) is 4.99 Å². The van der Waals surface area contributed by atoms with Crippen LogP contribution < -0.4 is 0 Å². The van der Waals surface area contributed by atoms with Crippen LogP contribution >= 0.6 is 0 Å². The van der Waals surface area contributed by atoms with Crippen LogP contribution in [0.1, 0.15) is 26.2 Å². The molecule has 1 rings (SSSR count). The number of isocyanates is 1. The van der Waals surface area contributed by atoms with Crippen LogP contribution in [-0.4, -0.2) is 20.5 Å². The van der Waals surface area contributed by atoms with Gasteiger partial charge in [0.1, 0.15) is 0 Å². The second-order valence-corrected chi connectivity index (χ2v) is 7.00. The Hall–Kier alpha value is -0.403. The fourth-order valence-corrected chi connectivity index (χ4v) is 4.96. The van der Waals surface area contributed by atoms with Gasteiger partial charge in [0, 0.05) is 5.67 Å². The molecule has 1 aliphatic heterocycles. The fraction of sp³-hybridized carbons (Fsp3) is 0.875. The van der Waals surface area contributed by atoms with Crippen LogP contribution in [0.4, 0.5) is 0 Å². The number of nitrogens with zero attached hydrogens (tertiary/aromatic N) is 1. The number of hydrogen-bond acceptors (Lipinski definition) is 2. The third kappa shape index (κ3) is 2.60. The monoisotopic (exact) mass is 169 g/mol. The Kier molecular flexibility index (Phi) is 3.53. The summed E-state index contributed by atoms with van der Waals surface area (Å²) in [5.41, 5.74) is 0.341. The minimum Gasteiger partial charge on any atom is -0.211 e. The van der Waals surface area contributed by atoms with Crippen molar-refractivity contribution < 1.29 is 4.79 Å². The van der Waals surface area contributed by atoms with Crippen molar-refractivity contribution in [1.82, 2.24) is 0 Å². The molecule has 0 aliphatic carbocycles. The first-order valence-electron chi connectivity index (χ1n) is 4.41. The van der Waals surface area contributed by atoms with Gasteiger partial charge in [0.2, 0.25) is 6.08 Å². The zero-order valence-corrected chi connectivity index (χ0v) is 8.20. The summed E-state index contributed by atoms with van der Waals surface area (Å²) < 4.78 is 0. The van der Waals surface area contributed by atoms with Gasteiger partial charge < -0.3 is 0 Å². The van der Waals surface area contributed by atoms with E-state index in [9.17, 15) is 4.79 Å². The zero-order chi connectivity index (χ0) is 8.10. The summed E-state index contributed by atoms with van der Waals surface area (Å²) in [6.07, 6.45) is 5.81. The molecule has 62 valence electrons. The lowest BCUT2D eigenvalue weighted by Crippen LogP contribution is -2.28. The number of carbonyl (C=O) groups excluding carboxylic acids is 1. The highest BCUT2D eigenvalue weighted by Gasteiger charge is 2.20. The van der Waals surface area contributed by atoms with E-state index in [-0.39, 0.29) is 0 Å². The van der Waals surface area contributed by atoms with Gasteiger partial charge in [-0.3, -0.25) is 0 Å². The highest BCUT2D eigenvalue weighted by atomic mass is 28.3. The second kappa shape index (κ2) is 4.47. The van der Waals surface area contributed by atoms with E-state index in [0.29, 0.717) is 5.67 Å². The van der Waals surface area contributed by atoms with E-state index in [2.05, 4.69) is 11.9 Å². The Morgan fingerprint density at radius 3 is 2.55 bits per heavy atom. The average Bonchev–Trinajstić information content (AvgIpc) is 2.07. The van der Waals surface area contributed by atoms with Gasteiger partial charge in [0.15, 0.2) is 0 Å². The van der Waals surface area contributed by atoms with Crippen molar-refractivity contribution in [2.45, 2.75) is 43.9 Å². The molecule has 0 bridgehead atoms. The van der Waals surface area contributed by atoms with Gasteiger partial charge in [-0.1, -0.05) is 31.4 Å². The van der Waals surface area contributed by atoms with Gasteiger partial charge in [-0.25, -0.2) is 9.79 Å². The molecule has 1 aliphatic rings. The van der Waals surface area contributed by atoms with Crippen LogP contribution in [0.15, 0.2) is 4.99 Å². The molecule has 0 N–H and O–H groups in total. The standard InChI is InChI=1S/C8H15NOSi/c1-8(9-7-10)11-5-3-2-4-6-11/h8,11H,2-6H2,1H3. The molecular weight excluding hydrogens is 154 g/mol. The first-order chi connectivity index (χ1) is 5.34. The van der Waals surface area contributed by atoms with Crippen molar-refractivity contribution in [3.05, 3.63) is 0 Å². The molecule has 0 radical (unpaired) electrons. The van der Waals surface area contributed by atoms with Crippen LogP contribution in [0.5, 0.6) is 0 Å². The minimum absolute atomic E-state index is 0.341. The van der Waals surface area contributed by atoms with Crippen LogP contribution in [0.25, 0.3) is 0 Å². The summed E-state index contributed by atoms with van der Waals surface area (Å²) in [5, 5.41) is 0. The van der Waals surface area contributed by atoms with Crippen molar-refractivity contribution in [1.29, 1.82) is 0 Å². The number of aliphatic imine (C=N–C) groups is 1. The third-order valence-electron chi connectivity index (χ3n) is 2.59. The normalized spacial score (nSPS) is 22.3. The molecule has 3 heteroatoms. The van der Waals surface area contributed by atoms with Crippen LogP contribution in [0.3, 0.4) is 0 Å². The molecule has 0 saturated carbocycles. The second-order valence-electron chi connectivity index (χ2n) is 3.36. The average molecular weight is 169 g/mol. The number of rotatable bonds is 2. The van der Waals surface area contributed by atoms with Crippen molar-refractivity contribution in [3.8, 4) is 0 Å². The Morgan fingerprint density at radius 2 is 2.00 bits per heavy atom. The summed E-state index contributed by atoms with van der Waals surface area (Å²) in [5.74, 6) is 0. The zero-order valence-electron chi connectivity index (χ0n) is 7.05. The maximum Gasteiger partial charge on any atom is 0.234 e. The summed E-state index contributed by atoms with van der Waals surface area (Å²) in [4.78, 5) is 13.8. The molecular formula is C8H15NOSi. The van der Waals surface area contributed by atoms with Gasteiger partial charge in [-0.2, -0.15) is 0 Å². The number of hydrogen-bond donors (Lipinski definition) is 0. The van der Waals surface area contributed by atoms with E-state index in [4.69, 9.17) is 0 Å². The lowest BCUT2D eigenvalue weighted by molar-refractivity contribution is 0.562. The maximum atomic E-state index is 9.99. The summed E-state index contributed by atoms with van der Waals surface area (Å²) in [6.45, 7) is 2.08. The molecule has 1 atom stereocenters. The lowest BCUT2D eigenvalue weighted by atomic mass is 10.3. The first kappa shape index (κ1) is 8.69. The molecule has 0 aromatic carbocycles. The van der Waals surface area contributed by atoms with Crippen LogP contribution in [-0.2, 0) is 4.79 Å². The molecule has 1 fully saturated rings. The maximum absolute atomic E-state index is 9.99. The predicted octanol–water partition coefficient (Wildman–Crippen LogP) is 1.66. The molecule has 1 heterocycles. The van der Waals surface area contributed by atoms with Crippen molar-refractivity contribution in [2.75, 3.05) is 0 Å². The Morgan fingerprint density at radius 1 is 1.36 bits per heavy atom. The Labute approximate surface area is 69.3 Å². The predicted molar refractivity (Wildman–Crippen MR) is 48.2 cm³/mol. The Balaban J connectivity index is 2.38. The molecule has 1 unspecified atom stereocenters. The first-order valence-corrected chi connectivity index (χ1v) is 6.71. The summed E-state index contributed by atoms with van der Waals surface area (Å²) in [6, 6.07) is 2.76. The van der Waals surface area contributed by atoms with Gasteiger partial charge in [-0.05, 0) is 6.92 Å². The van der Waals surface area contributed by atoms with Crippen molar-refractivity contribution >= 4 is 14.9 Å². The topological polar surface area (TPSA) is 29.4 Å². The lowest BCUT2D eigenvalue weighted by Gasteiger charge is -2.22.